The Morgan fingerprint density at radius 3 is 2.71 bits per heavy atom. The van der Waals surface area contributed by atoms with E-state index in [1.54, 1.807) is 0 Å². The van der Waals surface area contributed by atoms with Gasteiger partial charge in [0.05, 0.1) is 13.1 Å². The number of carbonyl (C=O) groups excluding carboxylic acids is 1. The van der Waals surface area contributed by atoms with Crippen molar-refractivity contribution in [3.63, 3.8) is 0 Å². The third-order valence-electron chi connectivity index (χ3n) is 4.76. The van der Waals surface area contributed by atoms with Crippen molar-refractivity contribution in [2.75, 3.05) is 24.6 Å². The second-order valence-corrected chi connectivity index (χ2v) is 7.01. The van der Waals surface area contributed by atoms with Gasteiger partial charge in [-0.1, -0.05) is 17.3 Å². The largest absolute Gasteiger partial charge is 0.371 e. The van der Waals surface area contributed by atoms with Crippen LogP contribution in [-0.4, -0.2) is 41.7 Å². The molecule has 1 aromatic heterocycles. The van der Waals surface area contributed by atoms with E-state index in [9.17, 15) is 4.79 Å². The Morgan fingerprint density at radius 1 is 1.29 bits per heavy atom. The van der Waals surface area contributed by atoms with Gasteiger partial charge in [-0.05, 0) is 44.9 Å². The fourth-order valence-corrected chi connectivity index (χ4v) is 3.20. The van der Waals surface area contributed by atoms with Crippen molar-refractivity contribution in [2.45, 2.75) is 52.8 Å². The number of hydrogen-bond donors (Lipinski definition) is 2. The average molecular weight is 542 g/mol. The number of nitrogens with one attached hydrogen (secondary N) is 2. The average Bonchev–Trinajstić information content (AvgIpc) is 3.40. The molecule has 0 saturated carbocycles. The minimum absolute atomic E-state index is 0. The van der Waals surface area contributed by atoms with Crippen molar-refractivity contribution in [1.29, 1.82) is 0 Å². The highest BCUT2D eigenvalue weighted by Crippen LogP contribution is 2.21. The minimum atomic E-state index is -0.201. The van der Waals surface area contributed by atoms with E-state index >= 15 is 0 Å². The van der Waals surface area contributed by atoms with E-state index in [0.717, 1.165) is 30.8 Å². The van der Waals surface area contributed by atoms with Crippen molar-refractivity contribution in [3.05, 3.63) is 41.5 Å². The summed E-state index contributed by atoms with van der Waals surface area (Å²) in [5, 5.41) is 10.4. The molecule has 0 radical (unpaired) electrons. The van der Waals surface area contributed by atoms with Crippen LogP contribution in [0.2, 0.25) is 0 Å². The summed E-state index contributed by atoms with van der Waals surface area (Å²) in [6.07, 6.45) is 1.36. The van der Waals surface area contributed by atoms with Gasteiger partial charge in [-0.3, -0.25) is 4.79 Å². The Bertz CT molecular complexity index is 855. The molecule has 0 spiro atoms. The molecule has 1 aromatic carbocycles. The van der Waals surface area contributed by atoms with E-state index in [4.69, 9.17) is 9.26 Å². The maximum atomic E-state index is 11.9. The molecular weight excluding hydrogens is 511 g/mol. The third-order valence-corrected chi connectivity index (χ3v) is 4.76. The number of aromatic nitrogens is 2. The monoisotopic (exact) mass is 542 g/mol. The number of rotatable bonds is 9. The lowest BCUT2D eigenvalue weighted by Gasteiger charge is -2.15. The topological polar surface area (TPSA) is 105 Å². The van der Waals surface area contributed by atoms with Gasteiger partial charge in [-0.15, -0.1) is 24.0 Å². The predicted molar refractivity (Wildman–Crippen MR) is 129 cm³/mol. The Kier molecular flexibility index (Phi) is 10.2. The van der Waals surface area contributed by atoms with Gasteiger partial charge in [-0.2, -0.15) is 4.98 Å². The normalized spacial score (nSPS) is 15.0. The Balaban J connectivity index is 0.00000341. The van der Waals surface area contributed by atoms with Gasteiger partial charge in [0.2, 0.25) is 11.8 Å². The SMILES string of the molecule is CCNC(=NCc1ccc(N2CCCC2=O)cc1)NCc1nc(C(C)OCC)no1.I. The Morgan fingerprint density at radius 2 is 2.06 bits per heavy atom. The molecular formula is C21H31IN6O3. The second-order valence-electron chi connectivity index (χ2n) is 7.01. The van der Waals surface area contributed by atoms with Crippen LogP contribution >= 0.6 is 24.0 Å². The highest BCUT2D eigenvalue weighted by molar-refractivity contribution is 14.0. The van der Waals surface area contributed by atoms with Crippen molar-refractivity contribution in [1.82, 2.24) is 20.8 Å². The minimum Gasteiger partial charge on any atom is -0.371 e. The standard InChI is InChI=1S/C21H30N6O3.HI/c1-4-22-21(24-14-18-25-20(26-30-18)15(3)29-5-2)23-13-16-8-10-17(11-9-16)27-12-6-7-19(27)28;/h8-11,15H,4-7,12-14H2,1-3H3,(H2,22,23,24);1H. The van der Waals surface area contributed by atoms with Crippen LogP contribution in [-0.2, 0) is 22.6 Å². The maximum absolute atomic E-state index is 11.9. The highest BCUT2D eigenvalue weighted by atomic mass is 127. The number of ether oxygens (including phenoxy) is 1. The van der Waals surface area contributed by atoms with Crippen molar-refractivity contribution >= 4 is 41.5 Å². The molecule has 0 bridgehead atoms. The van der Waals surface area contributed by atoms with E-state index in [0.29, 0.717) is 43.8 Å². The molecule has 2 heterocycles. The molecule has 31 heavy (non-hydrogen) atoms. The van der Waals surface area contributed by atoms with Gasteiger partial charge in [0.1, 0.15) is 6.10 Å². The molecule has 9 nitrogen and oxygen atoms in total. The quantitative estimate of drug-likeness (QED) is 0.285. The number of aliphatic imine (C=N–C) groups is 1. The van der Waals surface area contributed by atoms with Crippen LogP contribution in [0.4, 0.5) is 5.69 Å². The maximum Gasteiger partial charge on any atom is 0.246 e. The number of nitrogens with zero attached hydrogens (tertiary/aromatic N) is 4. The Hall–Kier alpha value is -2.21. The molecule has 2 N–H and O–H groups in total. The number of carbonyl (C=O) groups is 1. The van der Waals surface area contributed by atoms with Crippen LogP contribution in [0.5, 0.6) is 0 Å². The lowest BCUT2D eigenvalue weighted by Crippen LogP contribution is -2.36. The summed E-state index contributed by atoms with van der Waals surface area (Å²) in [5.41, 5.74) is 2.01. The summed E-state index contributed by atoms with van der Waals surface area (Å²) in [6.45, 7) is 8.83. The second kappa shape index (κ2) is 12.6. The van der Waals surface area contributed by atoms with Gasteiger partial charge in [0.25, 0.3) is 0 Å². The molecule has 1 atom stereocenters. The van der Waals surface area contributed by atoms with E-state index < -0.39 is 0 Å². The number of anilines is 1. The van der Waals surface area contributed by atoms with Crippen LogP contribution < -0.4 is 15.5 Å². The fourth-order valence-electron chi connectivity index (χ4n) is 3.20. The zero-order chi connectivity index (χ0) is 21.3. The molecule has 1 aliphatic heterocycles. The first kappa shape index (κ1) is 25.1. The zero-order valence-electron chi connectivity index (χ0n) is 18.3. The zero-order valence-corrected chi connectivity index (χ0v) is 20.6. The van der Waals surface area contributed by atoms with Crippen LogP contribution in [0.1, 0.15) is 57.0 Å². The summed E-state index contributed by atoms with van der Waals surface area (Å²) in [6, 6.07) is 7.97. The molecule has 10 heteroatoms. The van der Waals surface area contributed by atoms with Crippen LogP contribution in [0, 0.1) is 0 Å². The first-order chi connectivity index (χ1) is 14.6. The summed E-state index contributed by atoms with van der Waals surface area (Å²) >= 11 is 0. The van der Waals surface area contributed by atoms with Gasteiger partial charge < -0.3 is 24.8 Å². The lowest BCUT2D eigenvalue weighted by molar-refractivity contribution is -0.117. The van der Waals surface area contributed by atoms with Gasteiger partial charge >= 0.3 is 0 Å². The molecule has 0 aliphatic carbocycles. The van der Waals surface area contributed by atoms with E-state index in [2.05, 4.69) is 25.8 Å². The smallest absolute Gasteiger partial charge is 0.246 e. The fraction of sp³-hybridized carbons (Fsp3) is 0.524. The summed E-state index contributed by atoms with van der Waals surface area (Å²) in [4.78, 5) is 22.7. The van der Waals surface area contributed by atoms with Crippen molar-refractivity contribution in [2.24, 2.45) is 4.99 Å². The summed E-state index contributed by atoms with van der Waals surface area (Å²) in [5.74, 6) is 1.86. The number of amides is 1. The van der Waals surface area contributed by atoms with Crippen molar-refractivity contribution < 1.29 is 14.1 Å². The molecule has 1 amide bonds. The van der Waals surface area contributed by atoms with E-state index in [1.807, 2.05) is 49.9 Å². The number of hydrogen-bond acceptors (Lipinski definition) is 6. The van der Waals surface area contributed by atoms with Crippen LogP contribution in [0.15, 0.2) is 33.8 Å². The molecule has 3 rings (SSSR count). The molecule has 1 unspecified atom stereocenters. The molecule has 1 aliphatic rings. The molecule has 2 aromatic rings. The van der Waals surface area contributed by atoms with Crippen LogP contribution in [0.3, 0.4) is 0 Å². The van der Waals surface area contributed by atoms with Crippen molar-refractivity contribution in [3.8, 4) is 0 Å². The number of halogens is 1. The predicted octanol–water partition coefficient (Wildman–Crippen LogP) is 3.17. The van der Waals surface area contributed by atoms with Gasteiger partial charge in [-0.25, -0.2) is 4.99 Å². The molecule has 170 valence electrons. The first-order valence-corrected chi connectivity index (χ1v) is 10.5. The Labute approximate surface area is 200 Å². The summed E-state index contributed by atoms with van der Waals surface area (Å²) < 4.78 is 10.8. The number of benzene rings is 1. The molecule has 1 saturated heterocycles. The van der Waals surface area contributed by atoms with Gasteiger partial charge in [0.15, 0.2) is 11.8 Å². The highest BCUT2D eigenvalue weighted by Gasteiger charge is 2.21. The number of guanidine groups is 1. The van der Waals surface area contributed by atoms with Crippen LogP contribution in [0.25, 0.3) is 0 Å². The lowest BCUT2D eigenvalue weighted by atomic mass is 10.2. The summed E-state index contributed by atoms with van der Waals surface area (Å²) in [7, 11) is 0. The van der Waals surface area contributed by atoms with Gasteiger partial charge in [0, 0.05) is 31.8 Å². The van der Waals surface area contributed by atoms with E-state index in [-0.39, 0.29) is 36.0 Å². The molecule has 1 fully saturated rings. The third kappa shape index (κ3) is 7.17. The van der Waals surface area contributed by atoms with E-state index in [1.165, 1.54) is 0 Å². The first-order valence-electron chi connectivity index (χ1n) is 10.5.